The second-order valence-corrected chi connectivity index (χ2v) is 4.23. The maximum atomic E-state index is 5.53. The number of imidazole rings is 1. The third-order valence-corrected chi connectivity index (χ3v) is 2.59. The largest absolute Gasteiger partial charge is 0.382 e. The molecule has 0 aliphatic carbocycles. The van der Waals surface area contributed by atoms with Crippen LogP contribution in [0.2, 0.25) is 0 Å². The van der Waals surface area contributed by atoms with Crippen LogP contribution in [-0.2, 0) is 0 Å². The molecule has 0 saturated carbocycles. The van der Waals surface area contributed by atoms with Crippen molar-refractivity contribution in [1.29, 1.82) is 0 Å². The SMILES string of the molecule is Nc1cc(-c2nc3ncc(Br)cc3[nH]2)[nH]n1. The molecule has 0 radical (unpaired) electrons. The van der Waals surface area contributed by atoms with E-state index in [4.69, 9.17) is 5.73 Å². The predicted octanol–water partition coefficient (Wildman–Crippen LogP) is 1.69. The molecule has 0 atom stereocenters. The number of hydrogen-bond acceptors (Lipinski definition) is 4. The summed E-state index contributed by atoms with van der Waals surface area (Å²) < 4.78 is 0.902. The van der Waals surface area contributed by atoms with Crippen LogP contribution < -0.4 is 5.73 Å². The minimum atomic E-state index is 0.435. The Morgan fingerprint density at radius 1 is 1.31 bits per heavy atom. The summed E-state index contributed by atoms with van der Waals surface area (Å²) in [5, 5.41) is 6.63. The van der Waals surface area contributed by atoms with Crippen molar-refractivity contribution < 1.29 is 0 Å². The first-order chi connectivity index (χ1) is 7.72. The third-order valence-electron chi connectivity index (χ3n) is 2.16. The molecule has 7 heteroatoms. The fraction of sp³-hybridized carbons (Fsp3) is 0. The molecule has 0 bridgehead atoms. The van der Waals surface area contributed by atoms with E-state index in [1.165, 1.54) is 0 Å². The van der Waals surface area contributed by atoms with E-state index in [1.807, 2.05) is 6.07 Å². The van der Waals surface area contributed by atoms with E-state index in [9.17, 15) is 0 Å². The number of nitrogens with one attached hydrogen (secondary N) is 2. The van der Waals surface area contributed by atoms with E-state index < -0.39 is 0 Å². The van der Waals surface area contributed by atoms with Gasteiger partial charge < -0.3 is 10.7 Å². The van der Waals surface area contributed by atoms with Crippen LogP contribution in [0.1, 0.15) is 0 Å². The highest BCUT2D eigenvalue weighted by Gasteiger charge is 2.08. The van der Waals surface area contributed by atoms with Crippen molar-refractivity contribution in [1.82, 2.24) is 25.1 Å². The fourth-order valence-corrected chi connectivity index (χ4v) is 1.79. The van der Waals surface area contributed by atoms with Crippen molar-refractivity contribution in [2.45, 2.75) is 0 Å². The summed E-state index contributed by atoms with van der Waals surface area (Å²) in [7, 11) is 0. The zero-order chi connectivity index (χ0) is 11.1. The molecule has 3 aromatic rings. The van der Waals surface area contributed by atoms with Crippen LogP contribution in [0.4, 0.5) is 5.82 Å². The van der Waals surface area contributed by atoms with E-state index in [-0.39, 0.29) is 0 Å². The predicted molar refractivity (Wildman–Crippen MR) is 63.6 cm³/mol. The fourth-order valence-electron chi connectivity index (χ4n) is 1.46. The first kappa shape index (κ1) is 9.34. The highest BCUT2D eigenvalue weighted by molar-refractivity contribution is 9.10. The van der Waals surface area contributed by atoms with Crippen LogP contribution in [0.3, 0.4) is 0 Å². The standard InChI is InChI=1S/C9H7BrN6/c10-4-1-5-8(12-3-4)14-9(13-5)6-2-7(11)16-15-6/h1-3H,(H3,11,15,16)(H,12,13,14). The Labute approximate surface area is 98.4 Å². The maximum Gasteiger partial charge on any atom is 0.178 e. The van der Waals surface area contributed by atoms with E-state index in [0.29, 0.717) is 17.3 Å². The van der Waals surface area contributed by atoms with Crippen LogP contribution in [0.5, 0.6) is 0 Å². The molecule has 3 aromatic heterocycles. The number of pyridine rings is 1. The van der Waals surface area contributed by atoms with Crippen LogP contribution >= 0.6 is 15.9 Å². The molecular weight excluding hydrogens is 272 g/mol. The van der Waals surface area contributed by atoms with E-state index in [2.05, 4.69) is 41.1 Å². The van der Waals surface area contributed by atoms with Gasteiger partial charge in [0.15, 0.2) is 11.5 Å². The number of aromatic nitrogens is 5. The maximum absolute atomic E-state index is 5.53. The van der Waals surface area contributed by atoms with Gasteiger partial charge in [-0.1, -0.05) is 0 Å². The molecule has 0 spiro atoms. The van der Waals surface area contributed by atoms with Gasteiger partial charge in [0, 0.05) is 16.7 Å². The van der Waals surface area contributed by atoms with Crippen molar-refractivity contribution in [3.63, 3.8) is 0 Å². The first-order valence-electron chi connectivity index (χ1n) is 4.55. The molecule has 16 heavy (non-hydrogen) atoms. The summed E-state index contributed by atoms with van der Waals surface area (Å²) in [5.41, 5.74) is 7.79. The number of aromatic amines is 2. The summed E-state index contributed by atoms with van der Waals surface area (Å²) in [6.45, 7) is 0. The number of hydrogen-bond donors (Lipinski definition) is 3. The Morgan fingerprint density at radius 2 is 2.19 bits per heavy atom. The van der Waals surface area contributed by atoms with Crippen LogP contribution in [0.25, 0.3) is 22.7 Å². The molecule has 0 amide bonds. The lowest BCUT2D eigenvalue weighted by Crippen LogP contribution is -1.81. The number of fused-ring (bicyclic) bond motifs is 1. The number of rotatable bonds is 1. The van der Waals surface area contributed by atoms with Gasteiger partial charge in [-0.05, 0) is 22.0 Å². The normalized spacial score (nSPS) is 11.1. The van der Waals surface area contributed by atoms with Crippen molar-refractivity contribution in [3.8, 4) is 11.5 Å². The number of nitrogen functional groups attached to an aromatic ring is 1. The topological polar surface area (TPSA) is 96.3 Å². The number of anilines is 1. The van der Waals surface area contributed by atoms with E-state index in [0.717, 1.165) is 15.7 Å². The van der Waals surface area contributed by atoms with Crippen molar-refractivity contribution >= 4 is 32.9 Å². The molecule has 80 valence electrons. The second kappa shape index (κ2) is 3.31. The van der Waals surface area contributed by atoms with Gasteiger partial charge >= 0.3 is 0 Å². The monoisotopic (exact) mass is 278 g/mol. The minimum absolute atomic E-state index is 0.435. The molecule has 0 aliphatic heterocycles. The Morgan fingerprint density at radius 3 is 2.94 bits per heavy atom. The first-order valence-corrected chi connectivity index (χ1v) is 5.34. The zero-order valence-corrected chi connectivity index (χ0v) is 9.62. The lowest BCUT2D eigenvalue weighted by Gasteiger charge is -1.87. The molecule has 3 heterocycles. The highest BCUT2D eigenvalue weighted by Crippen LogP contribution is 2.20. The number of halogens is 1. The quantitative estimate of drug-likeness (QED) is 0.631. The number of nitrogens with zero attached hydrogens (tertiary/aromatic N) is 3. The van der Waals surface area contributed by atoms with Crippen LogP contribution in [-0.4, -0.2) is 25.1 Å². The molecule has 0 fully saturated rings. The Balaban J connectivity index is 2.18. The summed E-state index contributed by atoms with van der Waals surface area (Å²) in [6.07, 6.45) is 1.70. The van der Waals surface area contributed by atoms with Crippen molar-refractivity contribution in [2.75, 3.05) is 5.73 Å². The molecule has 0 aliphatic rings. The van der Waals surface area contributed by atoms with Gasteiger partial charge in [0.2, 0.25) is 0 Å². The summed E-state index contributed by atoms with van der Waals surface area (Å²) >= 11 is 3.35. The smallest absolute Gasteiger partial charge is 0.178 e. The lowest BCUT2D eigenvalue weighted by molar-refractivity contribution is 1.09. The van der Waals surface area contributed by atoms with Crippen LogP contribution in [0, 0.1) is 0 Å². The van der Waals surface area contributed by atoms with Gasteiger partial charge in [-0.2, -0.15) is 5.10 Å². The van der Waals surface area contributed by atoms with Gasteiger partial charge in [0.1, 0.15) is 11.5 Å². The molecule has 0 saturated heterocycles. The van der Waals surface area contributed by atoms with Crippen molar-refractivity contribution in [3.05, 3.63) is 22.8 Å². The minimum Gasteiger partial charge on any atom is -0.382 e. The summed E-state index contributed by atoms with van der Waals surface area (Å²) in [5.74, 6) is 1.11. The number of H-pyrrole nitrogens is 2. The third kappa shape index (κ3) is 1.45. The zero-order valence-electron chi connectivity index (χ0n) is 8.03. The molecular formula is C9H7BrN6. The molecule has 3 rings (SSSR count). The molecule has 0 aromatic carbocycles. The lowest BCUT2D eigenvalue weighted by atomic mass is 10.4. The van der Waals surface area contributed by atoms with E-state index in [1.54, 1.807) is 12.3 Å². The average molecular weight is 279 g/mol. The summed E-state index contributed by atoms with van der Waals surface area (Å²) in [4.78, 5) is 11.6. The second-order valence-electron chi connectivity index (χ2n) is 3.32. The van der Waals surface area contributed by atoms with Gasteiger partial charge in [-0.25, -0.2) is 9.97 Å². The van der Waals surface area contributed by atoms with Gasteiger partial charge in [-0.3, -0.25) is 5.10 Å². The van der Waals surface area contributed by atoms with E-state index >= 15 is 0 Å². The molecule has 4 N–H and O–H groups in total. The Kier molecular flexibility index (Phi) is 1.93. The van der Waals surface area contributed by atoms with Gasteiger partial charge in [0.25, 0.3) is 0 Å². The van der Waals surface area contributed by atoms with Crippen LogP contribution in [0.15, 0.2) is 22.8 Å². The molecule has 0 unspecified atom stereocenters. The van der Waals surface area contributed by atoms with Crippen molar-refractivity contribution in [2.24, 2.45) is 0 Å². The number of nitrogens with two attached hydrogens (primary N) is 1. The van der Waals surface area contributed by atoms with Gasteiger partial charge in [0.05, 0.1) is 5.52 Å². The highest BCUT2D eigenvalue weighted by atomic mass is 79.9. The molecule has 6 nitrogen and oxygen atoms in total. The Hall–Kier alpha value is -1.89. The van der Waals surface area contributed by atoms with Gasteiger partial charge in [-0.15, -0.1) is 0 Å². The Bertz CT molecular complexity index is 655. The average Bonchev–Trinajstić information content (AvgIpc) is 2.83. The summed E-state index contributed by atoms with van der Waals surface area (Å²) in [6, 6.07) is 3.63.